The van der Waals surface area contributed by atoms with E-state index in [0.29, 0.717) is 0 Å². The van der Waals surface area contributed by atoms with Crippen molar-refractivity contribution in [2.75, 3.05) is 26.4 Å². The fraction of sp³-hybridized carbons (Fsp3) is 1.00. The van der Waals surface area contributed by atoms with Crippen molar-refractivity contribution in [1.82, 2.24) is 10.6 Å². The summed E-state index contributed by atoms with van der Waals surface area (Å²) in [6, 6.07) is -2.79. The van der Waals surface area contributed by atoms with E-state index in [4.69, 9.17) is 0 Å². The number of nitrogens with one attached hydrogen (secondary N) is 2. The van der Waals surface area contributed by atoms with Gasteiger partial charge in [0.15, 0.2) is 0 Å². The molecule has 2 fully saturated rings. The molecule has 0 radical (unpaired) electrons. The molecule has 11 atom stereocenters. The van der Waals surface area contributed by atoms with E-state index in [1.807, 2.05) is 0 Å². The molecule has 0 aromatic heterocycles. The summed E-state index contributed by atoms with van der Waals surface area (Å²) >= 11 is 0. The van der Waals surface area contributed by atoms with Crippen molar-refractivity contribution in [1.29, 1.82) is 0 Å². The van der Waals surface area contributed by atoms with Gasteiger partial charge in [-0.25, -0.2) is 0 Å². The molecular formula is C17H34N2O11. The maximum absolute atomic E-state index is 10.3. The Bertz CT molecular complexity index is 560. The van der Waals surface area contributed by atoms with Gasteiger partial charge in [0.2, 0.25) is 0 Å². The predicted octanol–water partition coefficient (Wildman–Crippen LogP) is -7.32. The molecular weight excluding hydrogens is 408 g/mol. The molecule has 30 heavy (non-hydrogen) atoms. The molecule has 0 amide bonds. The summed E-state index contributed by atoms with van der Waals surface area (Å²) in [5, 5.41) is 114. The summed E-state index contributed by atoms with van der Waals surface area (Å²) in [4.78, 5) is 0. The summed E-state index contributed by atoms with van der Waals surface area (Å²) < 4.78 is 0. The third kappa shape index (κ3) is 4.94. The van der Waals surface area contributed by atoms with Crippen LogP contribution in [0.15, 0.2) is 0 Å². The van der Waals surface area contributed by atoms with E-state index in [1.54, 1.807) is 0 Å². The van der Waals surface area contributed by atoms with Crippen LogP contribution in [0.1, 0.15) is 12.8 Å². The van der Waals surface area contributed by atoms with Gasteiger partial charge in [-0.15, -0.1) is 0 Å². The average Bonchev–Trinajstić information content (AvgIpc) is 2.74. The highest BCUT2D eigenvalue weighted by Crippen LogP contribution is 2.31. The molecule has 2 aliphatic rings. The van der Waals surface area contributed by atoms with Gasteiger partial charge in [-0.1, -0.05) is 0 Å². The molecule has 0 unspecified atom stereocenters. The topological polar surface area (TPSA) is 247 Å². The zero-order valence-electron chi connectivity index (χ0n) is 16.4. The molecule has 0 aliphatic heterocycles. The minimum atomic E-state index is -2.07. The predicted molar refractivity (Wildman–Crippen MR) is 98.9 cm³/mol. The summed E-state index contributed by atoms with van der Waals surface area (Å²) in [5.74, 6) is 0. The van der Waals surface area contributed by atoms with Gasteiger partial charge in [0.05, 0.1) is 32.0 Å². The standard InChI is InChI=1S/C17H34N2O11/c20-4-7(19-9-2-17(30,6-22)15(28)13(26)11(9)24)3-18-8-1-16(29,5-21)14(27)12(25)10(8)23/h7-15,18-30H,1-6H2/t7-,8+,9+,10+,11+,12-,13-,14+,15+,16+,17+/m1/s1. The highest BCUT2D eigenvalue weighted by atomic mass is 16.4. The molecule has 0 aromatic rings. The molecule has 2 saturated carbocycles. The average molecular weight is 442 g/mol. The van der Waals surface area contributed by atoms with E-state index < -0.39 is 85.8 Å². The smallest absolute Gasteiger partial charge is 0.118 e. The lowest BCUT2D eigenvalue weighted by molar-refractivity contribution is -0.208. The van der Waals surface area contributed by atoms with Crippen LogP contribution in [0.5, 0.6) is 0 Å². The molecule has 13 N–H and O–H groups in total. The van der Waals surface area contributed by atoms with E-state index in [0.717, 1.165) is 0 Å². The van der Waals surface area contributed by atoms with E-state index in [1.165, 1.54) is 0 Å². The van der Waals surface area contributed by atoms with Crippen LogP contribution in [-0.2, 0) is 0 Å². The van der Waals surface area contributed by atoms with E-state index in [2.05, 4.69) is 10.6 Å². The van der Waals surface area contributed by atoms with Gasteiger partial charge in [-0.3, -0.25) is 0 Å². The highest BCUT2D eigenvalue weighted by Gasteiger charge is 2.52. The van der Waals surface area contributed by atoms with Crippen molar-refractivity contribution < 1.29 is 56.2 Å². The summed E-state index contributed by atoms with van der Waals surface area (Å²) in [7, 11) is 0. The lowest BCUT2D eigenvalue weighted by Crippen LogP contribution is -2.69. The van der Waals surface area contributed by atoms with Crippen molar-refractivity contribution in [3.63, 3.8) is 0 Å². The van der Waals surface area contributed by atoms with Crippen LogP contribution in [-0.4, -0.2) is 148 Å². The Hall–Kier alpha value is -0.520. The Balaban J connectivity index is 2.02. The SMILES string of the molecule is OC[C@@H](CN[C@H]1C[C@](O)(CO)[C@@H](O)[C@H](O)[C@H]1O)N[C@H]1C[C@](O)(CO)[C@@H](O)[C@H](O)[C@H]1O. The third-order valence-electron chi connectivity index (χ3n) is 6.26. The molecule has 0 bridgehead atoms. The van der Waals surface area contributed by atoms with Gasteiger partial charge in [0, 0.05) is 24.7 Å². The number of rotatable bonds is 8. The first kappa shape index (κ1) is 25.7. The molecule has 0 saturated heterocycles. The first-order chi connectivity index (χ1) is 13.9. The summed E-state index contributed by atoms with van der Waals surface area (Å²) in [6.45, 7) is -2.30. The third-order valence-corrected chi connectivity index (χ3v) is 6.26. The fourth-order valence-corrected chi connectivity index (χ4v) is 4.17. The monoisotopic (exact) mass is 442 g/mol. The van der Waals surface area contributed by atoms with Crippen LogP contribution in [0.4, 0.5) is 0 Å². The molecule has 178 valence electrons. The van der Waals surface area contributed by atoms with E-state index >= 15 is 0 Å². The molecule has 0 aromatic carbocycles. The van der Waals surface area contributed by atoms with E-state index in [-0.39, 0.29) is 19.4 Å². The quantitative estimate of drug-likeness (QED) is 0.167. The van der Waals surface area contributed by atoms with Crippen LogP contribution >= 0.6 is 0 Å². The van der Waals surface area contributed by atoms with Gasteiger partial charge in [0.1, 0.15) is 35.6 Å². The van der Waals surface area contributed by atoms with Gasteiger partial charge < -0.3 is 66.8 Å². The van der Waals surface area contributed by atoms with E-state index in [9.17, 15) is 56.2 Å². The van der Waals surface area contributed by atoms with Gasteiger partial charge in [0.25, 0.3) is 0 Å². The normalized spacial score (nSPS) is 48.5. The Morgan fingerprint density at radius 1 is 0.700 bits per heavy atom. The van der Waals surface area contributed by atoms with Crippen LogP contribution in [0.2, 0.25) is 0 Å². The highest BCUT2D eigenvalue weighted by molar-refractivity contribution is 5.06. The molecule has 13 heteroatoms. The number of aliphatic hydroxyl groups excluding tert-OH is 9. The number of aliphatic hydroxyl groups is 11. The minimum Gasteiger partial charge on any atom is -0.395 e. The molecule has 0 spiro atoms. The second kappa shape index (κ2) is 9.95. The van der Waals surface area contributed by atoms with Gasteiger partial charge in [-0.05, 0) is 12.8 Å². The Kier molecular flexibility index (Phi) is 8.54. The zero-order chi connectivity index (χ0) is 22.9. The molecule has 2 rings (SSSR count). The Morgan fingerprint density at radius 3 is 1.57 bits per heavy atom. The summed E-state index contributed by atoms with van der Waals surface area (Å²) in [6.07, 6.45) is -10.7. The Labute approximate surface area is 172 Å². The van der Waals surface area contributed by atoms with Crippen LogP contribution in [0.3, 0.4) is 0 Å². The van der Waals surface area contributed by atoms with Crippen LogP contribution < -0.4 is 10.6 Å². The second-order valence-electron chi connectivity index (χ2n) is 8.45. The Morgan fingerprint density at radius 2 is 1.13 bits per heavy atom. The lowest BCUT2D eigenvalue weighted by atomic mass is 9.76. The second-order valence-corrected chi connectivity index (χ2v) is 8.45. The van der Waals surface area contributed by atoms with Crippen LogP contribution in [0, 0.1) is 0 Å². The lowest BCUT2D eigenvalue weighted by Gasteiger charge is -2.47. The molecule has 0 heterocycles. The van der Waals surface area contributed by atoms with Crippen molar-refractivity contribution in [2.45, 2.75) is 78.8 Å². The number of hydrogen-bond donors (Lipinski definition) is 13. The molecule has 13 nitrogen and oxygen atoms in total. The maximum atomic E-state index is 10.3. The largest absolute Gasteiger partial charge is 0.395 e. The van der Waals surface area contributed by atoms with Crippen molar-refractivity contribution >= 4 is 0 Å². The van der Waals surface area contributed by atoms with Gasteiger partial charge in [-0.2, -0.15) is 0 Å². The first-order valence-electron chi connectivity index (χ1n) is 9.79. The van der Waals surface area contributed by atoms with Gasteiger partial charge >= 0.3 is 0 Å². The van der Waals surface area contributed by atoms with Crippen LogP contribution in [0.25, 0.3) is 0 Å². The number of hydrogen-bond acceptors (Lipinski definition) is 13. The van der Waals surface area contributed by atoms with Crippen molar-refractivity contribution in [3.8, 4) is 0 Å². The first-order valence-corrected chi connectivity index (χ1v) is 9.79. The fourth-order valence-electron chi connectivity index (χ4n) is 4.17. The maximum Gasteiger partial charge on any atom is 0.118 e. The molecule has 2 aliphatic carbocycles. The minimum absolute atomic E-state index is 0.0814. The zero-order valence-corrected chi connectivity index (χ0v) is 16.4. The van der Waals surface area contributed by atoms with Crippen molar-refractivity contribution in [2.24, 2.45) is 0 Å². The van der Waals surface area contributed by atoms with Crippen molar-refractivity contribution in [3.05, 3.63) is 0 Å². The summed E-state index contributed by atoms with van der Waals surface area (Å²) in [5.41, 5.74) is -4.11.